The van der Waals surface area contributed by atoms with Crippen LogP contribution in [-0.2, 0) is 53.1 Å². The van der Waals surface area contributed by atoms with E-state index in [-0.39, 0.29) is 78.1 Å². The summed E-state index contributed by atoms with van der Waals surface area (Å²) < 4.78 is 8.88. The number of phosphoric acid groups is 1. The van der Waals surface area contributed by atoms with E-state index in [0.717, 1.165) is 0 Å². The molecule has 0 spiro atoms. The second kappa shape index (κ2) is 9.73. The molecule has 0 amide bonds. The van der Waals surface area contributed by atoms with Crippen molar-refractivity contribution in [2.45, 2.75) is 0 Å². The molecule has 0 aliphatic heterocycles. The van der Waals surface area contributed by atoms with E-state index in [9.17, 15) is 0 Å². The molecule has 0 aromatic heterocycles. The summed E-state index contributed by atoms with van der Waals surface area (Å²) in [7, 11) is -4.64. The normalized spacial score (nSPS) is 7.38. The van der Waals surface area contributed by atoms with Crippen molar-refractivity contribution in [3.63, 3.8) is 0 Å². The van der Waals surface area contributed by atoms with Crippen LogP contribution in [0.4, 0.5) is 0 Å². The van der Waals surface area contributed by atoms with Gasteiger partial charge >= 0.3 is 7.82 Å². The van der Waals surface area contributed by atoms with Crippen LogP contribution in [0.1, 0.15) is 0 Å². The topological polar surface area (TPSA) is 77.8 Å². The Morgan fingerprint density at radius 2 is 1.12 bits per heavy atom. The molecule has 0 bridgehead atoms. The second-order valence-corrected chi connectivity index (χ2v) is 1.54. The fraction of sp³-hybridized carbons (Fsp3) is 0. The van der Waals surface area contributed by atoms with Crippen molar-refractivity contribution < 1.29 is 67.8 Å². The van der Waals surface area contributed by atoms with E-state index in [0.29, 0.717) is 0 Å². The molecular weight excluding hydrogens is 317 g/mol. The van der Waals surface area contributed by atoms with Gasteiger partial charge in [0, 0.05) is 78.1 Å². The SMILES string of the molecule is O=P(O)(O)O.[Ag].[Na].[Zr]. The average Bonchev–Trinajstić information content (AvgIpc) is 0.722. The van der Waals surface area contributed by atoms with Crippen molar-refractivity contribution in [1.82, 2.24) is 0 Å². The zero-order valence-corrected chi connectivity index (χ0v) is 10.8. The molecule has 0 rings (SSSR count). The summed E-state index contributed by atoms with van der Waals surface area (Å²) in [5, 5.41) is 0. The minimum Gasteiger partial charge on any atom is -0.303 e. The van der Waals surface area contributed by atoms with Crippen LogP contribution in [0.25, 0.3) is 0 Å². The van der Waals surface area contributed by atoms with Gasteiger partial charge in [0.1, 0.15) is 0 Å². The molecule has 8 heteroatoms. The van der Waals surface area contributed by atoms with Crippen LogP contribution < -0.4 is 0 Å². The fourth-order valence-corrected chi connectivity index (χ4v) is 0. The van der Waals surface area contributed by atoms with Crippen molar-refractivity contribution >= 4 is 37.4 Å². The number of rotatable bonds is 0. The maximum absolute atomic E-state index is 8.88. The number of hydrogen-bond donors (Lipinski definition) is 3. The summed E-state index contributed by atoms with van der Waals surface area (Å²) in [5.41, 5.74) is 0. The van der Waals surface area contributed by atoms with E-state index in [2.05, 4.69) is 0 Å². The van der Waals surface area contributed by atoms with Crippen molar-refractivity contribution in [1.29, 1.82) is 0 Å². The first-order valence-electron chi connectivity index (χ1n) is 0.783. The summed E-state index contributed by atoms with van der Waals surface area (Å²) >= 11 is 0. The van der Waals surface area contributed by atoms with Crippen molar-refractivity contribution in [3.05, 3.63) is 0 Å². The van der Waals surface area contributed by atoms with E-state index in [4.69, 9.17) is 19.2 Å². The van der Waals surface area contributed by atoms with E-state index < -0.39 is 7.82 Å². The Labute approximate surface area is 104 Å². The molecule has 0 fully saturated rings. The molecule has 8 heavy (non-hydrogen) atoms. The van der Waals surface area contributed by atoms with Gasteiger partial charge < -0.3 is 14.7 Å². The molecule has 0 aromatic carbocycles. The van der Waals surface area contributed by atoms with Crippen molar-refractivity contribution in [2.24, 2.45) is 0 Å². The predicted molar refractivity (Wildman–Crippen MR) is 20.0 cm³/mol. The van der Waals surface area contributed by atoms with Crippen molar-refractivity contribution in [3.8, 4) is 0 Å². The third-order valence-corrected chi connectivity index (χ3v) is 0. The van der Waals surface area contributed by atoms with Gasteiger partial charge in [-0.3, -0.25) is 0 Å². The quantitative estimate of drug-likeness (QED) is 0.382. The third-order valence-electron chi connectivity index (χ3n) is 0. The molecule has 0 saturated carbocycles. The molecule has 0 atom stereocenters. The Morgan fingerprint density at radius 1 is 1.12 bits per heavy atom. The van der Waals surface area contributed by atoms with Crippen LogP contribution in [0, 0.1) is 0 Å². The first-order valence-corrected chi connectivity index (χ1v) is 2.35. The van der Waals surface area contributed by atoms with Crippen LogP contribution in [0.5, 0.6) is 0 Å². The molecule has 0 unspecified atom stereocenters. The van der Waals surface area contributed by atoms with E-state index >= 15 is 0 Å². The molecule has 48 valence electrons. The van der Waals surface area contributed by atoms with Crippen LogP contribution in [-0.4, -0.2) is 44.2 Å². The Hall–Kier alpha value is 2.73. The molecule has 2 radical (unpaired) electrons. The maximum Gasteiger partial charge on any atom is 0.466 e. The van der Waals surface area contributed by atoms with E-state index in [1.165, 1.54) is 0 Å². The zero-order chi connectivity index (χ0) is 4.50. The van der Waals surface area contributed by atoms with Gasteiger partial charge in [-0.25, -0.2) is 4.57 Å². The Bertz CT molecular complexity index is 62.2. The van der Waals surface area contributed by atoms with Gasteiger partial charge in [-0.05, 0) is 0 Å². The summed E-state index contributed by atoms with van der Waals surface area (Å²) in [6.07, 6.45) is 0. The van der Waals surface area contributed by atoms with Gasteiger partial charge in [0.2, 0.25) is 0 Å². The predicted octanol–water partition coefficient (Wildman–Crippen LogP) is -1.31. The molecule has 0 aliphatic rings. The van der Waals surface area contributed by atoms with Crippen LogP contribution in [0.3, 0.4) is 0 Å². The Kier molecular flexibility index (Phi) is 27.3. The smallest absolute Gasteiger partial charge is 0.303 e. The Morgan fingerprint density at radius 3 is 1.12 bits per heavy atom. The minimum atomic E-state index is -4.64. The summed E-state index contributed by atoms with van der Waals surface area (Å²) in [5.74, 6) is 0. The monoisotopic (exact) mass is 318 g/mol. The summed E-state index contributed by atoms with van der Waals surface area (Å²) in [4.78, 5) is 21.6. The maximum atomic E-state index is 8.88. The first kappa shape index (κ1) is 22.4. The van der Waals surface area contributed by atoms with Gasteiger partial charge in [-0.1, -0.05) is 0 Å². The molecule has 0 aliphatic carbocycles. The average molecular weight is 320 g/mol. The Balaban J connectivity index is -0.0000000267. The largest absolute Gasteiger partial charge is 0.466 e. The van der Waals surface area contributed by atoms with Gasteiger partial charge in [0.05, 0.1) is 0 Å². The summed E-state index contributed by atoms with van der Waals surface area (Å²) in [6, 6.07) is 0. The minimum absolute atomic E-state index is 0. The molecular formula is H3AgNaO4PZr. The standard InChI is InChI=1S/Ag.Na.H3O4P.Zr/c;;1-5(2,3)4;/h;;(H3,1,2,3,4);. The van der Waals surface area contributed by atoms with Crippen LogP contribution in [0.15, 0.2) is 0 Å². The van der Waals surface area contributed by atoms with Crippen LogP contribution >= 0.6 is 7.82 Å². The molecule has 4 nitrogen and oxygen atoms in total. The van der Waals surface area contributed by atoms with Gasteiger partial charge in [-0.15, -0.1) is 0 Å². The van der Waals surface area contributed by atoms with Crippen LogP contribution in [0.2, 0.25) is 0 Å². The molecule has 3 N–H and O–H groups in total. The molecule has 0 aromatic rings. The molecule has 0 saturated heterocycles. The van der Waals surface area contributed by atoms with E-state index in [1.807, 2.05) is 0 Å². The third kappa shape index (κ3) is 69.9. The number of hydrogen-bond acceptors (Lipinski definition) is 1. The summed E-state index contributed by atoms with van der Waals surface area (Å²) in [6.45, 7) is 0. The van der Waals surface area contributed by atoms with E-state index in [1.54, 1.807) is 0 Å². The fourth-order valence-electron chi connectivity index (χ4n) is 0. The van der Waals surface area contributed by atoms with Crippen molar-refractivity contribution in [2.75, 3.05) is 0 Å². The first-order chi connectivity index (χ1) is 2.00. The zero-order valence-electron chi connectivity index (χ0n) is 4.00. The molecule has 0 heterocycles. The van der Waals surface area contributed by atoms with Gasteiger partial charge in [0.25, 0.3) is 0 Å². The van der Waals surface area contributed by atoms with Gasteiger partial charge in [-0.2, -0.15) is 0 Å². The second-order valence-electron chi connectivity index (χ2n) is 0.513. The van der Waals surface area contributed by atoms with Gasteiger partial charge in [0.15, 0.2) is 0 Å².